The lowest BCUT2D eigenvalue weighted by molar-refractivity contribution is 0.190. The van der Waals surface area contributed by atoms with Gasteiger partial charge in [0, 0.05) is 12.2 Å². The van der Waals surface area contributed by atoms with Crippen molar-refractivity contribution >= 4 is 0 Å². The monoisotopic (exact) mass is 281 g/mol. The molecule has 2 heterocycles. The summed E-state index contributed by atoms with van der Waals surface area (Å²) in [5.74, 6) is 1.06. The molecule has 110 valence electrons. The third kappa shape index (κ3) is 2.87. The Bertz CT molecular complexity index is 624. The number of rotatable bonds is 3. The average molecular weight is 281 g/mol. The van der Waals surface area contributed by atoms with Crippen molar-refractivity contribution < 1.29 is 0 Å². The van der Waals surface area contributed by atoms with Gasteiger partial charge in [-0.05, 0) is 38.7 Å². The third-order valence-corrected chi connectivity index (χ3v) is 4.27. The third-order valence-electron chi connectivity index (χ3n) is 4.27. The molecular weight excluding hydrogens is 258 g/mol. The Morgan fingerprint density at radius 3 is 2.76 bits per heavy atom. The molecule has 2 aromatic rings. The lowest BCUT2D eigenvalue weighted by Crippen LogP contribution is -2.32. The number of allylic oxidation sites excluding steroid dienone is 1. The van der Waals surface area contributed by atoms with Gasteiger partial charge in [0.25, 0.3) is 0 Å². The molecule has 0 aliphatic carbocycles. The molecule has 1 N–H and O–H groups in total. The van der Waals surface area contributed by atoms with Gasteiger partial charge < -0.3 is 9.88 Å². The SMILES string of the molecule is C=C(C)N1CCCCC1c1ncc(-c2ccc(C)cc2)[nH]1. The Morgan fingerprint density at radius 2 is 2.05 bits per heavy atom. The highest BCUT2D eigenvalue weighted by Crippen LogP contribution is 2.32. The minimum Gasteiger partial charge on any atom is -0.365 e. The highest BCUT2D eigenvalue weighted by Gasteiger charge is 2.25. The first-order valence-corrected chi connectivity index (χ1v) is 7.69. The van der Waals surface area contributed by atoms with Crippen molar-refractivity contribution in [3.8, 4) is 11.3 Å². The molecule has 1 atom stereocenters. The lowest BCUT2D eigenvalue weighted by Gasteiger charge is -2.36. The first-order valence-electron chi connectivity index (χ1n) is 7.69. The van der Waals surface area contributed by atoms with Crippen molar-refractivity contribution in [3.05, 3.63) is 54.1 Å². The zero-order chi connectivity index (χ0) is 14.8. The van der Waals surface area contributed by atoms with Gasteiger partial charge in [-0.3, -0.25) is 0 Å². The largest absolute Gasteiger partial charge is 0.365 e. The van der Waals surface area contributed by atoms with Crippen molar-refractivity contribution in [2.24, 2.45) is 0 Å². The van der Waals surface area contributed by atoms with E-state index in [1.807, 2.05) is 6.20 Å². The number of nitrogens with zero attached hydrogens (tertiary/aromatic N) is 2. The predicted octanol–water partition coefficient (Wildman–Crippen LogP) is 4.45. The molecule has 3 heteroatoms. The average Bonchev–Trinajstić information content (AvgIpc) is 2.97. The lowest BCUT2D eigenvalue weighted by atomic mass is 10.0. The molecule has 0 amide bonds. The molecule has 0 radical (unpaired) electrons. The van der Waals surface area contributed by atoms with Crippen LogP contribution in [0.3, 0.4) is 0 Å². The van der Waals surface area contributed by atoms with Crippen molar-refractivity contribution in [2.75, 3.05) is 6.54 Å². The van der Waals surface area contributed by atoms with Gasteiger partial charge in [-0.1, -0.05) is 36.4 Å². The Hall–Kier alpha value is -2.03. The van der Waals surface area contributed by atoms with Crippen molar-refractivity contribution in [1.29, 1.82) is 0 Å². The maximum Gasteiger partial charge on any atom is 0.129 e. The van der Waals surface area contributed by atoms with Gasteiger partial charge in [-0.15, -0.1) is 0 Å². The van der Waals surface area contributed by atoms with E-state index >= 15 is 0 Å². The molecule has 3 nitrogen and oxygen atoms in total. The zero-order valence-corrected chi connectivity index (χ0v) is 12.9. The van der Waals surface area contributed by atoms with Crippen molar-refractivity contribution in [1.82, 2.24) is 14.9 Å². The number of aryl methyl sites for hydroxylation is 1. The summed E-state index contributed by atoms with van der Waals surface area (Å²) in [7, 11) is 0. The number of piperidine rings is 1. The van der Waals surface area contributed by atoms with Crippen LogP contribution in [0, 0.1) is 6.92 Å². The van der Waals surface area contributed by atoms with E-state index in [2.05, 4.69) is 59.6 Å². The summed E-state index contributed by atoms with van der Waals surface area (Å²) in [5.41, 5.74) is 4.70. The number of nitrogens with one attached hydrogen (secondary N) is 1. The molecule has 1 aliphatic heterocycles. The number of imidazole rings is 1. The standard InChI is InChI=1S/C18H23N3/c1-13(2)21-11-5-4-6-17(21)18-19-12-16(20-18)15-9-7-14(3)8-10-15/h7-10,12,17H,1,4-6,11H2,2-3H3,(H,19,20). The molecule has 0 saturated carbocycles. The Morgan fingerprint density at radius 1 is 1.29 bits per heavy atom. The van der Waals surface area contributed by atoms with Gasteiger partial charge in [0.15, 0.2) is 0 Å². The van der Waals surface area contributed by atoms with Gasteiger partial charge in [-0.25, -0.2) is 4.98 Å². The van der Waals surface area contributed by atoms with E-state index < -0.39 is 0 Å². The second kappa shape index (κ2) is 5.76. The molecule has 3 rings (SSSR count). The molecule has 1 aromatic carbocycles. The van der Waals surface area contributed by atoms with Crippen LogP contribution in [0.2, 0.25) is 0 Å². The van der Waals surface area contributed by atoms with Crippen LogP contribution in [0.25, 0.3) is 11.3 Å². The minimum atomic E-state index is 0.343. The van der Waals surface area contributed by atoms with Crippen LogP contribution in [0.15, 0.2) is 42.7 Å². The fourth-order valence-electron chi connectivity index (χ4n) is 3.06. The Balaban J connectivity index is 1.86. The summed E-state index contributed by atoms with van der Waals surface area (Å²) in [5, 5.41) is 0. The normalized spacial score (nSPS) is 18.8. The fraction of sp³-hybridized carbons (Fsp3) is 0.389. The molecule has 21 heavy (non-hydrogen) atoms. The second-order valence-corrected chi connectivity index (χ2v) is 5.99. The predicted molar refractivity (Wildman–Crippen MR) is 86.9 cm³/mol. The summed E-state index contributed by atoms with van der Waals surface area (Å²) in [6.45, 7) is 9.39. The summed E-state index contributed by atoms with van der Waals surface area (Å²) in [6.07, 6.45) is 5.60. The van der Waals surface area contributed by atoms with E-state index in [1.165, 1.54) is 24.0 Å². The van der Waals surface area contributed by atoms with E-state index in [0.29, 0.717) is 6.04 Å². The number of aromatic amines is 1. The number of H-pyrrole nitrogens is 1. The maximum atomic E-state index is 4.63. The number of benzene rings is 1. The molecule has 1 aliphatic rings. The van der Waals surface area contributed by atoms with Crippen molar-refractivity contribution in [2.45, 2.75) is 39.2 Å². The Labute approximate surface area is 126 Å². The maximum absolute atomic E-state index is 4.63. The summed E-state index contributed by atoms with van der Waals surface area (Å²) in [4.78, 5) is 10.5. The van der Waals surface area contributed by atoms with Crippen molar-refractivity contribution in [3.63, 3.8) is 0 Å². The summed E-state index contributed by atoms with van der Waals surface area (Å²) >= 11 is 0. The van der Waals surface area contributed by atoms with E-state index in [0.717, 1.165) is 30.2 Å². The first kappa shape index (κ1) is 13.9. The van der Waals surface area contributed by atoms with Crippen LogP contribution >= 0.6 is 0 Å². The fourth-order valence-corrected chi connectivity index (χ4v) is 3.06. The number of hydrogen-bond donors (Lipinski definition) is 1. The zero-order valence-electron chi connectivity index (χ0n) is 12.9. The topological polar surface area (TPSA) is 31.9 Å². The van der Waals surface area contributed by atoms with Crippen LogP contribution in [0.1, 0.15) is 43.6 Å². The van der Waals surface area contributed by atoms with Crippen LogP contribution in [-0.2, 0) is 0 Å². The van der Waals surface area contributed by atoms with Gasteiger partial charge in [0.05, 0.1) is 17.9 Å². The quantitative estimate of drug-likeness (QED) is 0.901. The molecule has 1 aromatic heterocycles. The van der Waals surface area contributed by atoms with Gasteiger partial charge in [0.1, 0.15) is 5.82 Å². The Kier molecular flexibility index (Phi) is 3.82. The molecular formula is C18H23N3. The summed E-state index contributed by atoms with van der Waals surface area (Å²) in [6, 6.07) is 8.90. The van der Waals surface area contributed by atoms with E-state index in [-0.39, 0.29) is 0 Å². The number of likely N-dealkylation sites (tertiary alicyclic amines) is 1. The minimum absolute atomic E-state index is 0.343. The molecule has 1 saturated heterocycles. The smallest absolute Gasteiger partial charge is 0.129 e. The highest BCUT2D eigenvalue weighted by atomic mass is 15.2. The van der Waals surface area contributed by atoms with Crippen LogP contribution < -0.4 is 0 Å². The molecule has 0 spiro atoms. The highest BCUT2D eigenvalue weighted by molar-refractivity contribution is 5.58. The van der Waals surface area contributed by atoms with Gasteiger partial charge in [-0.2, -0.15) is 0 Å². The van der Waals surface area contributed by atoms with Crippen LogP contribution in [0.4, 0.5) is 0 Å². The van der Waals surface area contributed by atoms with Gasteiger partial charge in [0.2, 0.25) is 0 Å². The molecule has 0 bridgehead atoms. The first-order chi connectivity index (χ1) is 10.1. The van der Waals surface area contributed by atoms with Gasteiger partial charge >= 0.3 is 0 Å². The molecule has 1 fully saturated rings. The molecule has 1 unspecified atom stereocenters. The summed E-state index contributed by atoms with van der Waals surface area (Å²) < 4.78 is 0. The number of aromatic nitrogens is 2. The second-order valence-electron chi connectivity index (χ2n) is 5.99. The van der Waals surface area contributed by atoms with E-state index in [1.54, 1.807) is 0 Å². The van der Waals surface area contributed by atoms with Crippen LogP contribution in [-0.4, -0.2) is 21.4 Å². The van der Waals surface area contributed by atoms with E-state index in [4.69, 9.17) is 0 Å². The van der Waals surface area contributed by atoms with E-state index in [9.17, 15) is 0 Å². The van der Waals surface area contributed by atoms with Crippen LogP contribution in [0.5, 0.6) is 0 Å². The number of hydrogen-bond acceptors (Lipinski definition) is 2.